The van der Waals surface area contributed by atoms with Crippen LogP contribution < -0.4 is 9.64 Å². The van der Waals surface area contributed by atoms with Crippen LogP contribution in [0.25, 0.3) is 0 Å². The SMILES string of the molecule is CN(c1ccc(Cl)cc1)c1ccc(C(=N)c2cc(Oc3ccccc3)cc(C(=O)O)c2)cc1. The summed E-state index contributed by atoms with van der Waals surface area (Å²) in [5.41, 5.74) is 3.32. The zero-order chi connectivity index (χ0) is 23.4. The second-order valence-electron chi connectivity index (χ2n) is 7.42. The van der Waals surface area contributed by atoms with Gasteiger partial charge in [0.2, 0.25) is 0 Å². The molecule has 0 aliphatic heterocycles. The maximum atomic E-state index is 11.7. The summed E-state index contributed by atoms with van der Waals surface area (Å²) in [6.07, 6.45) is 0. The number of nitrogens with one attached hydrogen (secondary N) is 1. The molecule has 0 saturated heterocycles. The van der Waals surface area contributed by atoms with Crippen molar-refractivity contribution in [3.63, 3.8) is 0 Å². The standard InChI is InChI=1S/C27H21ClN2O3/c1-30(23-13-9-21(28)10-14-23)22-11-7-18(8-12-22)26(29)19-15-20(27(31)32)17-25(16-19)33-24-5-3-2-4-6-24/h2-17,29H,1H3,(H,31,32). The predicted molar refractivity (Wildman–Crippen MR) is 132 cm³/mol. The predicted octanol–water partition coefficient (Wildman–Crippen LogP) is 7.01. The van der Waals surface area contributed by atoms with Gasteiger partial charge in [-0.2, -0.15) is 0 Å². The van der Waals surface area contributed by atoms with Gasteiger partial charge in [0.1, 0.15) is 11.5 Å². The molecule has 0 saturated carbocycles. The van der Waals surface area contributed by atoms with Crippen molar-refractivity contribution in [1.29, 1.82) is 5.41 Å². The molecule has 0 aromatic heterocycles. The number of anilines is 2. The van der Waals surface area contributed by atoms with Crippen molar-refractivity contribution >= 4 is 34.7 Å². The Labute approximate surface area is 197 Å². The molecule has 0 unspecified atom stereocenters. The highest BCUT2D eigenvalue weighted by atomic mass is 35.5. The van der Waals surface area contributed by atoms with Crippen LogP contribution in [0.5, 0.6) is 11.5 Å². The number of hydrogen-bond donors (Lipinski definition) is 2. The third-order valence-corrected chi connectivity index (χ3v) is 5.43. The molecule has 0 aliphatic carbocycles. The molecule has 0 amide bonds. The Morgan fingerprint density at radius 2 is 1.36 bits per heavy atom. The molecular weight excluding hydrogens is 436 g/mol. The van der Waals surface area contributed by atoms with Crippen LogP contribution in [-0.2, 0) is 0 Å². The van der Waals surface area contributed by atoms with Gasteiger partial charge in [-0.25, -0.2) is 4.79 Å². The third kappa shape index (κ3) is 5.22. The summed E-state index contributed by atoms with van der Waals surface area (Å²) >= 11 is 5.98. The van der Waals surface area contributed by atoms with Gasteiger partial charge >= 0.3 is 5.97 Å². The van der Waals surface area contributed by atoms with Crippen LogP contribution in [0.2, 0.25) is 5.02 Å². The molecule has 0 atom stereocenters. The molecule has 0 spiro atoms. The molecule has 0 heterocycles. The second-order valence-corrected chi connectivity index (χ2v) is 7.86. The molecule has 164 valence electrons. The van der Waals surface area contributed by atoms with E-state index in [0.717, 1.165) is 11.4 Å². The molecule has 4 aromatic rings. The molecule has 33 heavy (non-hydrogen) atoms. The summed E-state index contributed by atoms with van der Waals surface area (Å²) in [5, 5.41) is 18.9. The molecule has 4 rings (SSSR count). The van der Waals surface area contributed by atoms with Crippen molar-refractivity contribution in [3.05, 3.63) is 119 Å². The van der Waals surface area contributed by atoms with Gasteiger partial charge in [-0.05, 0) is 66.7 Å². The molecule has 0 bridgehead atoms. The number of hydrogen-bond acceptors (Lipinski definition) is 4. The van der Waals surface area contributed by atoms with Gasteiger partial charge in [0.15, 0.2) is 0 Å². The Kier molecular flexibility index (Phi) is 6.43. The van der Waals surface area contributed by atoms with Gasteiger partial charge < -0.3 is 14.7 Å². The van der Waals surface area contributed by atoms with Crippen molar-refractivity contribution in [3.8, 4) is 11.5 Å². The van der Waals surface area contributed by atoms with Crippen molar-refractivity contribution in [1.82, 2.24) is 0 Å². The van der Waals surface area contributed by atoms with Crippen LogP contribution in [-0.4, -0.2) is 23.8 Å². The summed E-state index contributed by atoms with van der Waals surface area (Å²) in [6, 6.07) is 28.8. The second kappa shape index (κ2) is 9.59. The summed E-state index contributed by atoms with van der Waals surface area (Å²) < 4.78 is 5.83. The Bertz CT molecular complexity index is 1290. The minimum atomic E-state index is -1.08. The zero-order valence-electron chi connectivity index (χ0n) is 17.8. The first kappa shape index (κ1) is 22.1. The van der Waals surface area contributed by atoms with Gasteiger partial charge in [-0.1, -0.05) is 41.9 Å². The van der Waals surface area contributed by atoms with Gasteiger partial charge in [0.25, 0.3) is 0 Å². The van der Waals surface area contributed by atoms with Crippen LogP contribution in [0.3, 0.4) is 0 Å². The molecular formula is C27H21ClN2O3. The van der Waals surface area contributed by atoms with Crippen LogP contribution in [0.15, 0.2) is 97.1 Å². The van der Waals surface area contributed by atoms with Crippen molar-refractivity contribution in [2.45, 2.75) is 0 Å². The topological polar surface area (TPSA) is 73.6 Å². The van der Waals surface area contributed by atoms with Gasteiger partial charge in [0, 0.05) is 34.6 Å². The van der Waals surface area contributed by atoms with Crippen LogP contribution in [0.4, 0.5) is 11.4 Å². The lowest BCUT2D eigenvalue weighted by Crippen LogP contribution is -2.10. The number of carbonyl (C=O) groups is 1. The van der Waals surface area contributed by atoms with Crippen LogP contribution in [0, 0.1) is 5.41 Å². The number of carboxylic acids is 1. The zero-order valence-corrected chi connectivity index (χ0v) is 18.6. The molecule has 0 fully saturated rings. The quantitative estimate of drug-likeness (QED) is 0.293. The maximum Gasteiger partial charge on any atom is 0.335 e. The molecule has 0 radical (unpaired) electrons. The average molecular weight is 457 g/mol. The van der Waals surface area contributed by atoms with E-state index < -0.39 is 5.97 Å². The summed E-state index contributed by atoms with van der Waals surface area (Å²) in [6.45, 7) is 0. The first-order valence-electron chi connectivity index (χ1n) is 10.2. The van der Waals surface area contributed by atoms with E-state index in [9.17, 15) is 9.90 Å². The van der Waals surface area contributed by atoms with E-state index in [-0.39, 0.29) is 11.3 Å². The number of carboxylic acid groups (broad SMARTS) is 1. The van der Waals surface area contributed by atoms with Gasteiger partial charge in [-0.3, -0.25) is 5.41 Å². The number of nitrogens with zero attached hydrogens (tertiary/aromatic N) is 1. The van der Waals surface area contributed by atoms with Crippen molar-refractivity contribution in [2.24, 2.45) is 0 Å². The number of aromatic carboxylic acids is 1. The summed E-state index contributed by atoms with van der Waals surface area (Å²) in [4.78, 5) is 13.7. The Morgan fingerprint density at radius 1 is 0.788 bits per heavy atom. The Morgan fingerprint density at radius 3 is 1.97 bits per heavy atom. The normalized spacial score (nSPS) is 10.5. The number of halogens is 1. The smallest absolute Gasteiger partial charge is 0.335 e. The molecule has 4 aromatic carbocycles. The lowest BCUT2D eigenvalue weighted by Gasteiger charge is -2.20. The largest absolute Gasteiger partial charge is 0.478 e. The lowest BCUT2D eigenvalue weighted by atomic mass is 9.99. The van der Waals surface area contributed by atoms with E-state index >= 15 is 0 Å². The fraction of sp³-hybridized carbons (Fsp3) is 0.0370. The van der Waals surface area contributed by atoms with Crippen molar-refractivity contribution in [2.75, 3.05) is 11.9 Å². The minimum absolute atomic E-state index is 0.0577. The van der Waals surface area contributed by atoms with Gasteiger partial charge in [-0.15, -0.1) is 0 Å². The molecule has 5 nitrogen and oxygen atoms in total. The highest BCUT2D eigenvalue weighted by Crippen LogP contribution is 2.28. The number of ether oxygens (including phenoxy) is 1. The average Bonchev–Trinajstić information content (AvgIpc) is 2.84. The fourth-order valence-corrected chi connectivity index (χ4v) is 3.51. The minimum Gasteiger partial charge on any atom is -0.478 e. The summed E-state index contributed by atoms with van der Waals surface area (Å²) in [7, 11) is 1.95. The summed E-state index contributed by atoms with van der Waals surface area (Å²) in [5.74, 6) is -0.130. The first-order valence-corrected chi connectivity index (χ1v) is 10.6. The van der Waals surface area contributed by atoms with Gasteiger partial charge in [0.05, 0.1) is 11.3 Å². The highest BCUT2D eigenvalue weighted by molar-refractivity contribution is 6.30. The third-order valence-electron chi connectivity index (χ3n) is 5.18. The van der Waals surface area contributed by atoms with E-state index in [1.54, 1.807) is 18.2 Å². The number of para-hydroxylation sites is 1. The molecule has 6 heteroatoms. The van der Waals surface area contributed by atoms with Crippen molar-refractivity contribution < 1.29 is 14.6 Å². The molecule has 0 aliphatic rings. The fourth-order valence-electron chi connectivity index (χ4n) is 3.38. The monoisotopic (exact) mass is 456 g/mol. The van der Waals surface area contributed by atoms with Crippen LogP contribution >= 0.6 is 11.6 Å². The van der Waals surface area contributed by atoms with E-state index in [4.69, 9.17) is 21.7 Å². The highest BCUT2D eigenvalue weighted by Gasteiger charge is 2.14. The van der Waals surface area contributed by atoms with Crippen LogP contribution in [0.1, 0.15) is 21.5 Å². The van der Waals surface area contributed by atoms with E-state index in [2.05, 4.69) is 0 Å². The number of benzene rings is 4. The van der Waals surface area contributed by atoms with E-state index in [1.807, 2.05) is 78.7 Å². The Balaban J connectivity index is 1.60. The Hall–Kier alpha value is -4.09. The van der Waals surface area contributed by atoms with E-state index in [0.29, 0.717) is 27.6 Å². The first-order chi connectivity index (χ1) is 15.9. The molecule has 2 N–H and O–H groups in total. The maximum absolute atomic E-state index is 11.7. The van der Waals surface area contributed by atoms with E-state index in [1.165, 1.54) is 12.1 Å². The lowest BCUT2D eigenvalue weighted by molar-refractivity contribution is 0.0696. The number of rotatable bonds is 7.